The van der Waals surface area contributed by atoms with E-state index in [2.05, 4.69) is 15.3 Å². The Kier molecular flexibility index (Phi) is 3.55. The number of amides is 1. The molecule has 5 nitrogen and oxygen atoms in total. The lowest BCUT2D eigenvalue weighted by Crippen LogP contribution is -2.10. The highest BCUT2D eigenvalue weighted by atomic mass is 35.5. The van der Waals surface area contributed by atoms with Crippen LogP contribution in [0.4, 0.5) is 5.69 Å². The molecule has 2 heterocycles. The molecule has 0 radical (unpaired) electrons. The molecule has 0 fully saturated rings. The summed E-state index contributed by atoms with van der Waals surface area (Å²) in [6.07, 6.45) is 1.46. The third kappa shape index (κ3) is 2.77. The zero-order valence-corrected chi connectivity index (χ0v) is 13.2. The van der Waals surface area contributed by atoms with E-state index >= 15 is 0 Å². The summed E-state index contributed by atoms with van der Waals surface area (Å²) in [4.78, 5) is 19.8. The van der Waals surface area contributed by atoms with Gasteiger partial charge in [-0.05, 0) is 54.6 Å². The average molecular weight is 338 g/mol. The molecule has 6 heteroatoms. The first kappa shape index (κ1) is 14.5. The number of rotatable bonds is 3. The summed E-state index contributed by atoms with van der Waals surface area (Å²) < 4.78 is 5.08. The maximum absolute atomic E-state index is 12.0. The van der Waals surface area contributed by atoms with Crippen molar-refractivity contribution in [2.45, 2.75) is 0 Å². The molecule has 0 aliphatic rings. The van der Waals surface area contributed by atoms with E-state index in [4.69, 9.17) is 16.0 Å². The van der Waals surface area contributed by atoms with E-state index in [-0.39, 0.29) is 11.7 Å². The average Bonchev–Trinajstić information content (AvgIpc) is 3.24. The fourth-order valence-electron chi connectivity index (χ4n) is 2.43. The quantitative estimate of drug-likeness (QED) is 0.567. The number of fused-ring (bicyclic) bond motifs is 1. The lowest BCUT2D eigenvalue weighted by molar-refractivity contribution is 0.0996. The van der Waals surface area contributed by atoms with Gasteiger partial charge in [0, 0.05) is 16.3 Å². The number of aromatic amines is 1. The SMILES string of the molecule is O=C(Nc1ccc2nc(-c3ccc(Cl)cc3)[nH]c2c1)c1ccco1. The number of furan rings is 1. The highest BCUT2D eigenvalue weighted by Gasteiger charge is 2.10. The molecule has 24 heavy (non-hydrogen) atoms. The molecular weight excluding hydrogens is 326 g/mol. The summed E-state index contributed by atoms with van der Waals surface area (Å²) in [5.74, 6) is 0.717. The van der Waals surface area contributed by atoms with Crippen molar-refractivity contribution in [2.75, 3.05) is 5.32 Å². The van der Waals surface area contributed by atoms with Crippen LogP contribution in [0.2, 0.25) is 5.02 Å². The topological polar surface area (TPSA) is 70.9 Å². The first-order valence-electron chi connectivity index (χ1n) is 7.29. The molecule has 0 unspecified atom stereocenters. The van der Waals surface area contributed by atoms with Gasteiger partial charge in [-0.1, -0.05) is 11.6 Å². The Bertz CT molecular complexity index is 1000. The van der Waals surface area contributed by atoms with Crippen LogP contribution in [0.25, 0.3) is 22.4 Å². The van der Waals surface area contributed by atoms with Gasteiger partial charge in [0.1, 0.15) is 5.82 Å². The van der Waals surface area contributed by atoms with Crippen molar-refractivity contribution in [1.29, 1.82) is 0 Å². The lowest BCUT2D eigenvalue weighted by atomic mass is 10.2. The van der Waals surface area contributed by atoms with Crippen molar-refractivity contribution in [1.82, 2.24) is 9.97 Å². The normalized spacial score (nSPS) is 10.9. The summed E-state index contributed by atoms with van der Waals surface area (Å²) in [6, 6.07) is 16.2. The van der Waals surface area contributed by atoms with Gasteiger partial charge in [-0.15, -0.1) is 0 Å². The summed E-state index contributed by atoms with van der Waals surface area (Å²) >= 11 is 5.91. The van der Waals surface area contributed by atoms with E-state index in [1.54, 1.807) is 18.2 Å². The summed E-state index contributed by atoms with van der Waals surface area (Å²) in [7, 11) is 0. The predicted octanol–water partition coefficient (Wildman–Crippen LogP) is 4.73. The molecule has 0 aliphatic carbocycles. The summed E-state index contributed by atoms with van der Waals surface area (Å²) in [5, 5.41) is 3.47. The van der Waals surface area contributed by atoms with Crippen LogP contribution < -0.4 is 5.32 Å². The van der Waals surface area contributed by atoms with Crippen LogP contribution in [0.5, 0.6) is 0 Å². The molecule has 1 amide bonds. The molecule has 0 aliphatic heterocycles. The molecule has 118 valence electrons. The van der Waals surface area contributed by atoms with Gasteiger partial charge in [-0.3, -0.25) is 4.79 Å². The zero-order valence-electron chi connectivity index (χ0n) is 12.4. The minimum absolute atomic E-state index is 0.265. The molecule has 4 rings (SSSR count). The fraction of sp³-hybridized carbons (Fsp3) is 0. The smallest absolute Gasteiger partial charge is 0.291 e. The van der Waals surface area contributed by atoms with Crippen molar-refractivity contribution in [3.63, 3.8) is 0 Å². The van der Waals surface area contributed by atoms with Crippen LogP contribution >= 0.6 is 11.6 Å². The minimum atomic E-state index is -0.295. The molecule has 0 saturated heterocycles. The molecular formula is C18H12ClN3O2. The number of imidazole rings is 1. The van der Waals surface area contributed by atoms with Gasteiger partial charge in [-0.25, -0.2) is 4.98 Å². The molecule has 2 aromatic heterocycles. The Balaban J connectivity index is 1.63. The van der Waals surface area contributed by atoms with E-state index in [1.165, 1.54) is 6.26 Å². The Labute approximate surface area is 142 Å². The molecule has 0 spiro atoms. The Hall–Kier alpha value is -3.05. The van der Waals surface area contributed by atoms with Crippen LogP contribution in [-0.2, 0) is 0 Å². The van der Waals surface area contributed by atoms with Crippen molar-refractivity contribution < 1.29 is 9.21 Å². The highest BCUT2D eigenvalue weighted by molar-refractivity contribution is 6.30. The minimum Gasteiger partial charge on any atom is -0.459 e. The number of hydrogen-bond acceptors (Lipinski definition) is 3. The van der Waals surface area contributed by atoms with Crippen molar-refractivity contribution in [3.8, 4) is 11.4 Å². The van der Waals surface area contributed by atoms with E-state index in [9.17, 15) is 4.79 Å². The number of H-pyrrole nitrogens is 1. The monoisotopic (exact) mass is 337 g/mol. The van der Waals surface area contributed by atoms with Gasteiger partial charge in [0.2, 0.25) is 0 Å². The van der Waals surface area contributed by atoms with E-state index in [0.717, 1.165) is 22.4 Å². The second kappa shape index (κ2) is 5.86. The second-order valence-corrected chi connectivity index (χ2v) is 5.69. The van der Waals surface area contributed by atoms with E-state index < -0.39 is 0 Å². The van der Waals surface area contributed by atoms with Crippen LogP contribution in [0, 0.1) is 0 Å². The molecule has 0 atom stereocenters. The van der Waals surface area contributed by atoms with Crippen molar-refractivity contribution >= 4 is 34.2 Å². The first-order chi connectivity index (χ1) is 11.7. The molecule has 0 bridgehead atoms. The number of nitrogens with zero attached hydrogens (tertiary/aromatic N) is 1. The standard InChI is InChI=1S/C18H12ClN3O2/c19-12-5-3-11(4-6-12)17-21-14-8-7-13(10-15(14)22-17)20-18(23)16-2-1-9-24-16/h1-10H,(H,20,23)(H,21,22). The molecule has 2 N–H and O–H groups in total. The molecule has 4 aromatic rings. The van der Waals surface area contributed by atoms with E-state index in [0.29, 0.717) is 10.7 Å². The number of carbonyl (C=O) groups is 1. The van der Waals surface area contributed by atoms with Gasteiger partial charge in [0.15, 0.2) is 5.76 Å². The Morgan fingerprint density at radius 3 is 2.71 bits per heavy atom. The first-order valence-corrected chi connectivity index (χ1v) is 7.67. The van der Waals surface area contributed by atoms with Crippen molar-refractivity contribution in [2.24, 2.45) is 0 Å². The summed E-state index contributed by atoms with van der Waals surface area (Å²) in [5.41, 5.74) is 3.25. The molecule has 0 saturated carbocycles. The fourth-order valence-corrected chi connectivity index (χ4v) is 2.56. The van der Waals surface area contributed by atoms with Crippen LogP contribution in [0.3, 0.4) is 0 Å². The summed E-state index contributed by atoms with van der Waals surface area (Å²) in [6.45, 7) is 0. The molecule has 2 aromatic carbocycles. The van der Waals surface area contributed by atoms with Gasteiger partial charge >= 0.3 is 0 Å². The second-order valence-electron chi connectivity index (χ2n) is 5.26. The van der Waals surface area contributed by atoms with E-state index in [1.807, 2.05) is 36.4 Å². The maximum atomic E-state index is 12.0. The number of aromatic nitrogens is 2. The number of halogens is 1. The third-order valence-corrected chi connectivity index (χ3v) is 3.85. The predicted molar refractivity (Wildman–Crippen MR) is 93.2 cm³/mol. The number of benzene rings is 2. The van der Waals surface area contributed by atoms with Crippen molar-refractivity contribution in [3.05, 3.63) is 71.6 Å². The Morgan fingerprint density at radius 1 is 1.12 bits per heavy atom. The number of nitrogens with one attached hydrogen (secondary N) is 2. The lowest BCUT2D eigenvalue weighted by Gasteiger charge is -2.02. The van der Waals surface area contributed by atoms with Gasteiger partial charge in [0.25, 0.3) is 5.91 Å². The third-order valence-electron chi connectivity index (χ3n) is 3.60. The zero-order chi connectivity index (χ0) is 16.5. The van der Waals surface area contributed by atoms with Gasteiger partial charge < -0.3 is 14.7 Å². The van der Waals surface area contributed by atoms with Crippen LogP contribution in [0.15, 0.2) is 65.3 Å². The van der Waals surface area contributed by atoms with Crippen LogP contribution in [0.1, 0.15) is 10.6 Å². The van der Waals surface area contributed by atoms with Gasteiger partial charge in [-0.2, -0.15) is 0 Å². The number of hydrogen-bond donors (Lipinski definition) is 2. The number of anilines is 1. The Morgan fingerprint density at radius 2 is 1.96 bits per heavy atom. The maximum Gasteiger partial charge on any atom is 0.291 e. The largest absolute Gasteiger partial charge is 0.459 e. The number of carbonyl (C=O) groups excluding carboxylic acids is 1. The van der Waals surface area contributed by atoms with Crippen LogP contribution in [-0.4, -0.2) is 15.9 Å². The highest BCUT2D eigenvalue weighted by Crippen LogP contribution is 2.24. The van der Waals surface area contributed by atoms with Gasteiger partial charge in [0.05, 0.1) is 17.3 Å².